The maximum atomic E-state index is 12.6. The van der Waals surface area contributed by atoms with Crippen LogP contribution in [0, 0.1) is 0 Å². The molecule has 0 aliphatic carbocycles. The molecule has 1 heterocycles. The molecular weight excluding hydrogens is 380 g/mol. The van der Waals surface area contributed by atoms with Crippen LogP contribution in [0.3, 0.4) is 0 Å². The van der Waals surface area contributed by atoms with Crippen molar-refractivity contribution in [3.8, 4) is 5.75 Å². The number of rotatable bonds is 4. The topological polar surface area (TPSA) is 58.6 Å². The molecule has 1 aromatic rings. The smallest absolute Gasteiger partial charge is 0.243 e. The van der Waals surface area contributed by atoms with Crippen molar-refractivity contribution in [2.24, 2.45) is 0 Å². The number of methoxy groups -OCH3 is 1. The van der Waals surface area contributed by atoms with Gasteiger partial charge in [0.05, 0.1) is 16.5 Å². The van der Waals surface area contributed by atoms with Gasteiger partial charge in [0.15, 0.2) is 0 Å². The molecule has 120 valence electrons. The maximum absolute atomic E-state index is 12.6. The number of ether oxygens (including phenoxy) is 1. The number of piperidine rings is 1. The lowest BCUT2D eigenvalue weighted by molar-refractivity contribution is 0.293. The van der Waals surface area contributed by atoms with E-state index in [-0.39, 0.29) is 18.4 Å². The van der Waals surface area contributed by atoms with E-state index >= 15 is 0 Å². The van der Waals surface area contributed by atoms with Crippen molar-refractivity contribution in [1.82, 2.24) is 9.62 Å². The summed E-state index contributed by atoms with van der Waals surface area (Å²) in [6, 6.07) is 5.07. The van der Waals surface area contributed by atoms with E-state index in [2.05, 4.69) is 21.2 Å². The van der Waals surface area contributed by atoms with Crippen molar-refractivity contribution in [3.63, 3.8) is 0 Å². The van der Waals surface area contributed by atoms with Crippen LogP contribution in [0.2, 0.25) is 0 Å². The minimum Gasteiger partial charge on any atom is -0.496 e. The Morgan fingerprint density at radius 2 is 2.14 bits per heavy atom. The van der Waals surface area contributed by atoms with E-state index < -0.39 is 10.0 Å². The van der Waals surface area contributed by atoms with Gasteiger partial charge in [-0.25, -0.2) is 8.42 Å². The van der Waals surface area contributed by atoms with Crippen LogP contribution in [0.25, 0.3) is 0 Å². The SMILES string of the molecule is CNC1CCCN(S(=O)(=O)c2ccc(OC)c(Br)c2)C1.Cl. The van der Waals surface area contributed by atoms with Gasteiger partial charge in [-0.15, -0.1) is 12.4 Å². The summed E-state index contributed by atoms with van der Waals surface area (Å²) < 4.78 is 32.6. The fourth-order valence-corrected chi connectivity index (χ4v) is 4.60. The molecule has 0 saturated carbocycles. The number of nitrogens with zero attached hydrogens (tertiary/aromatic N) is 1. The molecule has 1 saturated heterocycles. The first-order valence-corrected chi connectivity index (χ1v) is 8.73. The molecular formula is C13H20BrClN2O3S. The number of likely N-dealkylation sites (N-methyl/N-ethyl adjacent to an activating group) is 1. The predicted octanol–water partition coefficient (Wildman–Crippen LogP) is 2.25. The van der Waals surface area contributed by atoms with Gasteiger partial charge in [-0.2, -0.15) is 4.31 Å². The zero-order valence-corrected chi connectivity index (χ0v) is 15.2. The number of benzene rings is 1. The highest BCUT2D eigenvalue weighted by Gasteiger charge is 2.30. The molecule has 0 aromatic heterocycles. The summed E-state index contributed by atoms with van der Waals surface area (Å²) >= 11 is 3.33. The van der Waals surface area contributed by atoms with E-state index in [1.807, 2.05) is 7.05 Å². The van der Waals surface area contributed by atoms with Gasteiger partial charge in [0.2, 0.25) is 10.0 Å². The van der Waals surface area contributed by atoms with Gasteiger partial charge in [0.1, 0.15) is 5.75 Å². The molecule has 21 heavy (non-hydrogen) atoms. The monoisotopic (exact) mass is 398 g/mol. The normalized spacial score (nSPS) is 19.9. The summed E-state index contributed by atoms with van der Waals surface area (Å²) in [6.45, 7) is 1.09. The summed E-state index contributed by atoms with van der Waals surface area (Å²) in [4.78, 5) is 0.293. The fraction of sp³-hybridized carbons (Fsp3) is 0.538. The van der Waals surface area contributed by atoms with Gasteiger partial charge in [0.25, 0.3) is 0 Å². The Morgan fingerprint density at radius 3 is 2.71 bits per heavy atom. The Bertz CT molecular complexity index is 583. The first-order chi connectivity index (χ1) is 9.48. The van der Waals surface area contributed by atoms with Gasteiger partial charge in [-0.1, -0.05) is 0 Å². The average Bonchev–Trinajstić information content (AvgIpc) is 2.47. The summed E-state index contributed by atoms with van der Waals surface area (Å²) in [5.74, 6) is 0.621. The molecule has 5 nitrogen and oxygen atoms in total. The average molecular weight is 400 g/mol. The van der Waals surface area contributed by atoms with Crippen LogP contribution in [-0.4, -0.2) is 46.0 Å². The van der Waals surface area contributed by atoms with Crippen molar-refractivity contribution in [3.05, 3.63) is 22.7 Å². The first-order valence-electron chi connectivity index (χ1n) is 6.50. The van der Waals surface area contributed by atoms with Crippen LogP contribution in [0.15, 0.2) is 27.6 Å². The Morgan fingerprint density at radius 1 is 1.43 bits per heavy atom. The van der Waals surface area contributed by atoms with E-state index in [9.17, 15) is 8.42 Å². The Balaban J connectivity index is 0.00000220. The highest BCUT2D eigenvalue weighted by molar-refractivity contribution is 9.10. The van der Waals surface area contributed by atoms with Crippen LogP contribution in [0.5, 0.6) is 5.75 Å². The Labute approximate surface area is 140 Å². The molecule has 2 rings (SSSR count). The van der Waals surface area contributed by atoms with Crippen LogP contribution in [0.1, 0.15) is 12.8 Å². The number of sulfonamides is 1. The van der Waals surface area contributed by atoms with Crippen molar-refractivity contribution in [2.45, 2.75) is 23.8 Å². The van der Waals surface area contributed by atoms with Gasteiger partial charge < -0.3 is 10.1 Å². The van der Waals surface area contributed by atoms with E-state index in [1.165, 1.54) is 0 Å². The maximum Gasteiger partial charge on any atom is 0.243 e. The van der Waals surface area contributed by atoms with Gasteiger partial charge in [-0.3, -0.25) is 0 Å². The minimum absolute atomic E-state index is 0. The second-order valence-electron chi connectivity index (χ2n) is 4.79. The van der Waals surface area contributed by atoms with E-state index in [0.717, 1.165) is 12.8 Å². The fourth-order valence-electron chi connectivity index (χ4n) is 2.35. The van der Waals surface area contributed by atoms with E-state index in [0.29, 0.717) is 28.2 Å². The Kier molecular flexibility index (Phi) is 6.93. The van der Waals surface area contributed by atoms with Crippen molar-refractivity contribution in [1.29, 1.82) is 0 Å². The lowest BCUT2D eigenvalue weighted by atomic mass is 10.1. The highest BCUT2D eigenvalue weighted by Crippen LogP contribution is 2.29. The third-order valence-electron chi connectivity index (χ3n) is 3.55. The molecule has 0 spiro atoms. The van der Waals surface area contributed by atoms with Crippen LogP contribution in [-0.2, 0) is 10.0 Å². The lowest BCUT2D eigenvalue weighted by Crippen LogP contribution is -2.46. The number of hydrogen-bond donors (Lipinski definition) is 1. The molecule has 1 N–H and O–H groups in total. The molecule has 1 aliphatic rings. The molecule has 1 atom stereocenters. The van der Waals surface area contributed by atoms with Gasteiger partial charge in [0, 0.05) is 19.1 Å². The predicted molar refractivity (Wildman–Crippen MR) is 88.8 cm³/mol. The zero-order chi connectivity index (χ0) is 14.8. The van der Waals surface area contributed by atoms with Crippen LogP contribution in [0.4, 0.5) is 0 Å². The standard InChI is InChI=1S/C13H19BrN2O3S.ClH/c1-15-10-4-3-7-16(9-10)20(17,18)11-5-6-13(19-2)12(14)8-11;/h5-6,8,10,15H,3-4,7,9H2,1-2H3;1H. The first kappa shape index (κ1) is 18.7. The van der Waals surface area contributed by atoms with Crippen LogP contribution >= 0.6 is 28.3 Å². The van der Waals surface area contributed by atoms with Gasteiger partial charge in [-0.05, 0) is 54.0 Å². The second-order valence-corrected chi connectivity index (χ2v) is 7.58. The summed E-state index contributed by atoms with van der Waals surface area (Å²) in [5, 5.41) is 3.15. The molecule has 0 radical (unpaired) electrons. The van der Waals surface area contributed by atoms with Crippen molar-refractivity contribution < 1.29 is 13.2 Å². The molecule has 1 unspecified atom stereocenters. The largest absolute Gasteiger partial charge is 0.496 e. The minimum atomic E-state index is -3.44. The lowest BCUT2D eigenvalue weighted by Gasteiger charge is -2.31. The molecule has 1 fully saturated rings. The van der Waals surface area contributed by atoms with E-state index in [4.69, 9.17) is 4.74 Å². The molecule has 1 aliphatic heterocycles. The third-order valence-corrected chi connectivity index (χ3v) is 6.03. The quantitative estimate of drug-likeness (QED) is 0.843. The molecule has 8 heteroatoms. The zero-order valence-electron chi connectivity index (χ0n) is 12.0. The summed E-state index contributed by atoms with van der Waals surface area (Å²) in [7, 11) is -0.0269. The van der Waals surface area contributed by atoms with Crippen molar-refractivity contribution >= 4 is 38.4 Å². The molecule has 0 bridgehead atoms. The molecule has 0 amide bonds. The highest BCUT2D eigenvalue weighted by atomic mass is 79.9. The second kappa shape index (κ2) is 7.78. The number of halogens is 2. The number of hydrogen-bond acceptors (Lipinski definition) is 4. The Hall–Kier alpha value is -0.340. The van der Waals surface area contributed by atoms with Crippen molar-refractivity contribution in [2.75, 3.05) is 27.2 Å². The molecule has 1 aromatic carbocycles. The van der Waals surface area contributed by atoms with Gasteiger partial charge >= 0.3 is 0 Å². The third kappa shape index (κ3) is 4.10. The summed E-state index contributed by atoms with van der Waals surface area (Å²) in [5.41, 5.74) is 0. The summed E-state index contributed by atoms with van der Waals surface area (Å²) in [6.07, 6.45) is 1.89. The number of nitrogens with one attached hydrogen (secondary N) is 1. The van der Waals surface area contributed by atoms with E-state index in [1.54, 1.807) is 29.6 Å². The van der Waals surface area contributed by atoms with Crippen LogP contribution < -0.4 is 10.1 Å².